The molecule has 0 saturated carbocycles. The smallest absolute Gasteiger partial charge is 0.241 e. The first-order chi connectivity index (χ1) is 9.61. The van der Waals surface area contributed by atoms with E-state index >= 15 is 0 Å². The standard InChI is InChI=1S/C14H20BrN3OS/c1-10(18-7-5-16-6-8-18)14(19)17-12-9-11(15)3-4-13(12)20-2/h3-4,9-10,16H,5-8H2,1-2H3,(H,17,19). The maximum Gasteiger partial charge on any atom is 0.241 e. The fourth-order valence-electron chi connectivity index (χ4n) is 2.25. The highest BCUT2D eigenvalue weighted by Gasteiger charge is 2.23. The molecule has 0 bridgehead atoms. The van der Waals surface area contributed by atoms with Crippen molar-refractivity contribution in [2.24, 2.45) is 0 Å². The van der Waals surface area contributed by atoms with Crippen LogP contribution in [0.25, 0.3) is 0 Å². The molecule has 1 aromatic rings. The lowest BCUT2D eigenvalue weighted by atomic mass is 10.2. The van der Waals surface area contributed by atoms with Crippen molar-refractivity contribution in [3.63, 3.8) is 0 Å². The number of rotatable bonds is 4. The van der Waals surface area contributed by atoms with Crippen molar-refractivity contribution in [1.29, 1.82) is 0 Å². The molecule has 4 nitrogen and oxygen atoms in total. The summed E-state index contributed by atoms with van der Waals surface area (Å²) in [6, 6.07) is 5.85. The second-order valence-electron chi connectivity index (χ2n) is 4.80. The van der Waals surface area contributed by atoms with Gasteiger partial charge in [-0.1, -0.05) is 15.9 Å². The Morgan fingerprint density at radius 1 is 1.45 bits per heavy atom. The Morgan fingerprint density at radius 3 is 2.80 bits per heavy atom. The van der Waals surface area contributed by atoms with E-state index in [2.05, 4.69) is 31.5 Å². The topological polar surface area (TPSA) is 44.4 Å². The van der Waals surface area contributed by atoms with Crippen LogP contribution in [-0.2, 0) is 4.79 Å². The van der Waals surface area contributed by atoms with Gasteiger partial charge < -0.3 is 10.6 Å². The lowest BCUT2D eigenvalue weighted by Gasteiger charge is -2.32. The number of benzene rings is 1. The highest BCUT2D eigenvalue weighted by molar-refractivity contribution is 9.10. The van der Waals surface area contributed by atoms with E-state index in [4.69, 9.17) is 0 Å². The van der Waals surface area contributed by atoms with Crippen LogP contribution in [0.15, 0.2) is 27.6 Å². The fraction of sp³-hybridized carbons (Fsp3) is 0.500. The van der Waals surface area contributed by atoms with E-state index in [0.717, 1.165) is 41.2 Å². The average Bonchev–Trinajstić information content (AvgIpc) is 2.47. The average molecular weight is 358 g/mol. The van der Waals surface area contributed by atoms with Crippen molar-refractivity contribution in [1.82, 2.24) is 10.2 Å². The molecule has 1 aliphatic heterocycles. The highest BCUT2D eigenvalue weighted by atomic mass is 79.9. The Morgan fingerprint density at radius 2 is 2.15 bits per heavy atom. The van der Waals surface area contributed by atoms with Gasteiger partial charge in [0.1, 0.15) is 0 Å². The van der Waals surface area contributed by atoms with Gasteiger partial charge in [-0.05, 0) is 31.4 Å². The summed E-state index contributed by atoms with van der Waals surface area (Å²) >= 11 is 5.08. The van der Waals surface area contributed by atoms with E-state index in [1.165, 1.54) is 0 Å². The second-order valence-corrected chi connectivity index (χ2v) is 6.56. The van der Waals surface area contributed by atoms with Crippen LogP contribution in [0, 0.1) is 0 Å². The number of hydrogen-bond acceptors (Lipinski definition) is 4. The molecular weight excluding hydrogens is 338 g/mol. The van der Waals surface area contributed by atoms with E-state index in [1.807, 2.05) is 31.4 Å². The van der Waals surface area contributed by atoms with E-state index in [1.54, 1.807) is 11.8 Å². The van der Waals surface area contributed by atoms with Crippen LogP contribution in [0.1, 0.15) is 6.92 Å². The molecule has 1 amide bonds. The highest BCUT2D eigenvalue weighted by Crippen LogP contribution is 2.28. The predicted octanol–water partition coefficient (Wildman–Crippen LogP) is 2.40. The molecule has 0 aliphatic carbocycles. The van der Waals surface area contributed by atoms with E-state index in [9.17, 15) is 4.79 Å². The van der Waals surface area contributed by atoms with Gasteiger partial charge in [-0.3, -0.25) is 9.69 Å². The van der Waals surface area contributed by atoms with Gasteiger partial charge in [-0.25, -0.2) is 0 Å². The molecule has 0 spiro atoms. The van der Waals surface area contributed by atoms with Crippen molar-refractivity contribution in [2.75, 3.05) is 37.8 Å². The molecule has 1 aromatic carbocycles. The van der Waals surface area contributed by atoms with Gasteiger partial charge in [-0.2, -0.15) is 0 Å². The lowest BCUT2D eigenvalue weighted by Crippen LogP contribution is -2.51. The molecule has 1 atom stereocenters. The second kappa shape index (κ2) is 7.45. The fourth-order valence-corrected chi connectivity index (χ4v) is 3.15. The minimum atomic E-state index is -0.106. The molecule has 6 heteroatoms. The van der Waals surface area contributed by atoms with Crippen molar-refractivity contribution in [3.8, 4) is 0 Å². The molecular formula is C14H20BrN3OS. The number of piperazine rings is 1. The van der Waals surface area contributed by atoms with Crippen molar-refractivity contribution >= 4 is 39.3 Å². The van der Waals surface area contributed by atoms with Gasteiger partial charge in [0.25, 0.3) is 0 Å². The van der Waals surface area contributed by atoms with Crippen LogP contribution in [0.4, 0.5) is 5.69 Å². The predicted molar refractivity (Wildman–Crippen MR) is 88.5 cm³/mol. The number of thioether (sulfide) groups is 1. The SMILES string of the molecule is CSc1ccc(Br)cc1NC(=O)C(C)N1CCNCC1. The third-order valence-electron chi connectivity index (χ3n) is 3.50. The summed E-state index contributed by atoms with van der Waals surface area (Å²) in [6.07, 6.45) is 2.01. The Bertz CT molecular complexity index is 477. The summed E-state index contributed by atoms with van der Waals surface area (Å²) < 4.78 is 0.973. The van der Waals surface area contributed by atoms with Crippen molar-refractivity contribution in [3.05, 3.63) is 22.7 Å². The zero-order valence-electron chi connectivity index (χ0n) is 11.8. The molecule has 1 unspecified atom stereocenters. The van der Waals surface area contributed by atoms with Crippen LogP contribution in [0.2, 0.25) is 0 Å². The molecule has 0 aromatic heterocycles. The Balaban J connectivity index is 2.05. The maximum atomic E-state index is 12.4. The maximum absolute atomic E-state index is 12.4. The number of nitrogens with zero attached hydrogens (tertiary/aromatic N) is 1. The molecule has 1 heterocycles. The summed E-state index contributed by atoms with van der Waals surface area (Å²) in [5.41, 5.74) is 0.874. The summed E-state index contributed by atoms with van der Waals surface area (Å²) in [7, 11) is 0. The number of hydrogen-bond donors (Lipinski definition) is 2. The normalized spacial score (nSPS) is 17.8. The van der Waals surface area contributed by atoms with Crippen LogP contribution in [0.5, 0.6) is 0 Å². The largest absolute Gasteiger partial charge is 0.324 e. The molecule has 1 saturated heterocycles. The summed E-state index contributed by atoms with van der Waals surface area (Å²) in [6.45, 7) is 5.71. The van der Waals surface area contributed by atoms with E-state index < -0.39 is 0 Å². The zero-order chi connectivity index (χ0) is 14.5. The number of carbonyl (C=O) groups is 1. The number of amides is 1. The van der Waals surface area contributed by atoms with Gasteiger partial charge in [0, 0.05) is 35.5 Å². The Hall–Kier alpha value is -0.560. The first kappa shape index (κ1) is 15.8. The lowest BCUT2D eigenvalue weighted by molar-refractivity contribution is -0.121. The summed E-state index contributed by atoms with van der Waals surface area (Å²) in [5.74, 6) is 0.0558. The molecule has 1 aliphatic rings. The van der Waals surface area contributed by atoms with Crippen LogP contribution in [0.3, 0.4) is 0 Å². The monoisotopic (exact) mass is 357 g/mol. The van der Waals surface area contributed by atoms with Crippen LogP contribution >= 0.6 is 27.7 Å². The number of halogens is 1. The molecule has 2 rings (SSSR count). The first-order valence-corrected chi connectivity index (χ1v) is 8.73. The molecule has 20 heavy (non-hydrogen) atoms. The van der Waals surface area contributed by atoms with E-state index in [-0.39, 0.29) is 11.9 Å². The van der Waals surface area contributed by atoms with Gasteiger partial charge >= 0.3 is 0 Å². The van der Waals surface area contributed by atoms with Gasteiger partial charge in [-0.15, -0.1) is 11.8 Å². The first-order valence-electron chi connectivity index (χ1n) is 6.71. The molecule has 1 fully saturated rings. The summed E-state index contributed by atoms with van der Waals surface area (Å²) in [4.78, 5) is 15.7. The van der Waals surface area contributed by atoms with E-state index in [0.29, 0.717) is 0 Å². The van der Waals surface area contributed by atoms with Crippen molar-refractivity contribution in [2.45, 2.75) is 17.9 Å². The van der Waals surface area contributed by atoms with Crippen molar-refractivity contribution < 1.29 is 4.79 Å². The Kier molecular flexibility index (Phi) is 5.89. The molecule has 110 valence electrons. The number of carbonyl (C=O) groups excluding carboxylic acids is 1. The van der Waals surface area contributed by atoms with Gasteiger partial charge in [0.2, 0.25) is 5.91 Å². The zero-order valence-corrected chi connectivity index (χ0v) is 14.2. The minimum Gasteiger partial charge on any atom is -0.324 e. The van der Waals surface area contributed by atoms with Gasteiger partial charge in [0.15, 0.2) is 0 Å². The minimum absolute atomic E-state index is 0.0558. The third kappa shape index (κ3) is 3.97. The number of anilines is 1. The van der Waals surface area contributed by atoms with Gasteiger partial charge in [0.05, 0.1) is 11.7 Å². The number of nitrogens with one attached hydrogen (secondary N) is 2. The third-order valence-corrected chi connectivity index (χ3v) is 4.79. The molecule has 2 N–H and O–H groups in total. The Labute approximate surface area is 132 Å². The summed E-state index contributed by atoms with van der Waals surface area (Å²) in [5, 5.41) is 6.35. The van der Waals surface area contributed by atoms with Crippen LogP contribution < -0.4 is 10.6 Å². The molecule has 0 radical (unpaired) electrons. The quantitative estimate of drug-likeness (QED) is 0.812. The van der Waals surface area contributed by atoms with Crippen LogP contribution in [-0.4, -0.2) is 49.3 Å².